The lowest BCUT2D eigenvalue weighted by atomic mass is 10.1. The summed E-state index contributed by atoms with van der Waals surface area (Å²) in [6, 6.07) is 13.8. The van der Waals surface area contributed by atoms with Crippen molar-refractivity contribution in [2.75, 3.05) is 13.2 Å². The number of hydrogen-bond donors (Lipinski definition) is 2. The Kier molecular flexibility index (Phi) is 10.4. The van der Waals surface area contributed by atoms with Crippen LogP contribution in [-0.2, 0) is 0 Å². The first-order valence-corrected chi connectivity index (χ1v) is 11.1. The van der Waals surface area contributed by atoms with E-state index in [1.54, 1.807) is 42.5 Å². The summed E-state index contributed by atoms with van der Waals surface area (Å²) in [5.74, 6) is 1.10. The zero-order chi connectivity index (χ0) is 22.5. The molecule has 31 heavy (non-hydrogen) atoms. The molecule has 0 heterocycles. The summed E-state index contributed by atoms with van der Waals surface area (Å²) in [5, 5.41) is 0. The highest BCUT2D eigenvalue weighted by Crippen LogP contribution is 2.15. The van der Waals surface area contributed by atoms with Crippen LogP contribution < -0.4 is 20.3 Å². The zero-order valence-corrected chi connectivity index (χ0v) is 18.8. The Morgan fingerprint density at radius 3 is 2.16 bits per heavy atom. The molecule has 0 aliphatic rings. The Morgan fingerprint density at radius 1 is 0.806 bits per heavy atom. The van der Waals surface area contributed by atoms with Gasteiger partial charge in [-0.1, -0.05) is 46.1 Å². The third-order valence-corrected chi connectivity index (χ3v) is 4.73. The molecule has 2 rings (SSSR count). The topological polar surface area (TPSA) is 76.7 Å². The van der Waals surface area contributed by atoms with Crippen molar-refractivity contribution >= 4 is 11.8 Å². The van der Waals surface area contributed by atoms with Crippen molar-refractivity contribution in [1.82, 2.24) is 10.9 Å². The highest BCUT2D eigenvalue weighted by atomic mass is 16.5. The number of unbranched alkanes of at least 4 members (excludes halogenated alkanes) is 3. The molecule has 0 saturated heterocycles. The second-order valence-electron chi connectivity index (χ2n) is 7.90. The second kappa shape index (κ2) is 13.3. The Labute approximate surface area is 185 Å². The van der Waals surface area contributed by atoms with E-state index in [9.17, 15) is 9.59 Å². The molecule has 0 unspecified atom stereocenters. The molecule has 2 amide bonds. The molecule has 6 heteroatoms. The second-order valence-corrected chi connectivity index (χ2v) is 7.90. The van der Waals surface area contributed by atoms with Gasteiger partial charge in [-0.2, -0.15) is 0 Å². The fraction of sp³-hybridized carbons (Fsp3) is 0.440. The molecule has 0 spiro atoms. The quantitative estimate of drug-likeness (QED) is 0.364. The molecule has 0 atom stereocenters. The molecule has 2 aromatic rings. The van der Waals surface area contributed by atoms with Gasteiger partial charge in [0.15, 0.2) is 0 Å². The molecule has 6 nitrogen and oxygen atoms in total. The van der Waals surface area contributed by atoms with Gasteiger partial charge in [-0.15, -0.1) is 0 Å². The molecule has 0 aliphatic heterocycles. The molecule has 0 bridgehead atoms. The highest BCUT2D eigenvalue weighted by molar-refractivity contribution is 5.99. The van der Waals surface area contributed by atoms with Crippen LogP contribution in [-0.4, -0.2) is 25.0 Å². The largest absolute Gasteiger partial charge is 0.494 e. The molecule has 0 aromatic heterocycles. The van der Waals surface area contributed by atoms with Crippen LogP contribution in [0.4, 0.5) is 0 Å². The summed E-state index contributed by atoms with van der Waals surface area (Å²) < 4.78 is 11.4. The van der Waals surface area contributed by atoms with Crippen molar-refractivity contribution in [2.45, 2.75) is 52.9 Å². The highest BCUT2D eigenvalue weighted by Gasteiger charge is 2.10. The normalized spacial score (nSPS) is 10.6. The zero-order valence-electron chi connectivity index (χ0n) is 18.8. The van der Waals surface area contributed by atoms with Gasteiger partial charge in [-0.05, 0) is 61.2 Å². The number of rotatable bonds is 12. The van der Waals surface area contributed by atoms with E-state index in [0.717, 1.165) is 25.0 Å². The number of carbonyl (C=O) groups is 2. The number of benzene rings is 2. The first-order chi connectivity index (χ1) is 15.0. The molecule has 168 valence electrons. The van der Waals surface area contributed by atoms with E-state index < -0.39 is 11.8 Å². The first-order valence-electron chi connectivity index (χ1n) is 11.1. The maximum absolute atomic E-state index is 12.4. The van der Waals surface area contributed by atoms with Gasteiger partial charge in [0.2, 0.25) is 0 Å². The van der Waals surface area contributed by atoms with Gasteiger partial charge in [0.05, 0.1) is 13.2 Å². The maximum atomic E-state index is 12.4. The first kappa shape index (κ1) is 24.3. The van der Waals surface area contributed by atoms with E-state index in [2.05, 4.69) is 31.6 Å². The third-order valence-electron chi connectivity index (χ3n) is 4.73. The molecular formula is C25H34N2O4. The number of carbonyl (C=O) groups excluding carboxylic acids is 2. The Balaban J connectivity index is 1.79. The summed E-state index contributed by atoms with van der Waals surface area (Å²) in [6.45, 7) is 7.70. The standard InChI is InChI=1S/C25H34N2O4/c1-4-5-6-7-16-30-22-13-11-20(12-14-22)24(28)26-27-25(29)21-9-8-10-23(18-21)31-17-15-19(2)3/h8-14,18-19H,4-7,15-17H2,1-3H3,(H,26,28)(H,27,29). The Hall–Kier alpha value is -3.02. The molecule has 2 N–H and O–H groups in total. The van der Waals surface area contributed by atoms with Gasteiger partial charge in [0, 0.05) is 11.1 Å². The predicted molar refractivity (Wildman–Crippen MR) is 122 cm³/mol. The van der Waals surface area contributed by atoms with Crippen molar-refractivity contribution < 1.29 is 19.1 Å². The fourth-order valence-electron chi connectivity index (χ4n) is 2.82. The van der Waals surface area contributed by atoms with Gasteiger partial charge in [0.25, 0.3) is 11.8 Å². The van der Waals surface area contributed by atoms with Gasteiger partial charge < -0.3 is 9.47 Å². The number of ether oxygens (including phenoxy) is 2. The maximum Gasteiger partial charge on any atom is 0.269 e. The summed E-state index contributed by atoms with van der Waals surface area (Å²) in [5.41, 5.74) is 5.73. The average molecular weight is 427 g/mol. The molecular weight excluding hydrogens is 392 g/mol. The number of hydrogen-bond acceptors (Lipinski definition) is 4. The average Bonchev–Trinajstić information content (AvgIpc) is 2.77. The number of nitrogens with one attached hydrogen (secondary N) is 2. The number of hydrazine groups is 1. The predicted octanol–water partition coefficient (Wildman–Crippen LogP) is 5.15. The monoisotopic (exact) mass is 426 g/mol. The summed E-state index contributed by atoms with van der Waals surface area (Å²) in [7, 11) is 0. The van der Waals surface area contributed by atoms with Crippen LogP contribution in [0.1, 0.15) is 73.6 Å². The summed E-state index contributed by atoms with van der Waals surface area (Å²) in [6.07, 6.45) is 5.52. The van der Waals surface area contributed by atoms with E-state index in [4.69, 9.17) is 9.47 Å². The minimum Gasteiger partial charge on any atom is -0.494 e. The SMILES string of the molecule is CCCCCCOc1ccc(C(=O)NNC(=O)c2cccc(OCCC(C)C)c2)cc1. The van der Waals surface area contributed by atoms with Crippen LogP contribution in [0.15, 0.2) is 48.5 Å². The van der Waals surface area contributed by atoms with E-state index in [1.165, 1.54) is 12.8 Å². The minimum atomic E-state index is -0.408. The van der Waals surface area contributed by atoms with Crippen LogP contribution in [0.5, 0.6) is 11.5 Å². The third kappa shape index (κ3) is 9.11. The Bertz CT molecular complexity index is 819. The lowest BCUT2D eigenvalue weighted by molar-refractivity contribution is 0.0846. The van der Waals surface area contributed by atoms with Crippen LogP contribution in [0.2, 0.25) is 0 Å². The summed E-state index contributed by atoms with van der Waals surface area (Å²) >= 11 is 0. The molecule has 0 aliphatic carbocycles. The minimum absolute atomic E-state index is 0.396. The molecule has 2 aromatic carbocycles. The van der Waals surface area contributed by atoms with Gasteiger partial charge in [-0.3, -0.25) is 20.4 Å². The van der Waals surface area contributed by atoms with Crippen molar-refractivity contribution in [2.24, 2.45) is 5.92 Å². The van der Waals surface area contributed by atoms with Crippen LogP contribution in [0.25, 0.3) is 0 Å². The molecule has 0 saturated carbocycles. The lowest BCUT2D eigenvalue weighted by Crippen LogP contribution is -2.41. The van der Waals surface area contributed by atoms with E-state index >= 15 is 0 Å². The van der Waals surface area contributed by atoms with Crippen LogP contribution in [0, 0.1) is 5.92 Å². The van der Waals surface area contributed by atoms with Crippen molar-refractivity contribution in [3.05, 3.63) is 59.7 Å². The van der Waals surface area contributed by atoms with Crippen molar-refractivity contribution in [3.8, 4) is 11.5 Å². The van der Waals surface area contributed by atoms with Gasteiger partial charge in [-0.25, -0.2) is 0 Å². The smallest absolute Gasteiger partial charge is 0.269 e. The van der Waals surface area contributed by atoms with Crippen LogP contribution in [0.3, 0.4) is 0 Å². The van der Waals surface area contributed by atoms with E-state index in [-0.39, 0.29) is 0 Å². The molecule has 0 fully saturated rings. The lowest BCUT2D eigenvalue weighted by Gasteiger charge is -2.11. The van der Waals surface area contributed by atoms with Gasteiger partial charge >= 0.3 is 0 Å². The van der Waals surface area contributed by atoms with Crippen molar-refractivity contribution in [3.63, 3.8) is 0 Å². The van der Waals surface area contributed by atoms with E-state index in [1.807, 2.05) is 6.07 Å². The summed E-state index contributed by atoms with van der Waals surface area (Å²) in [4.78, 5) is 24.7. The molecule has 0 radical (unpaired) electrons. The number of amides is 2. The Morgan fingerprint density at radius 2 is 1.48 bits per heavy atom. The van der Waals surface area contributed by atoms with Gasteiger partial charge in [0.1, 0.15) is 11.5 Å². The van der Waals surface area contributed by atoms with E-state index in [0.29, 0.717) is 36.0 Å². The van der Waals surface area contributed by atoms with Crippen molar-refractivity contribution in [1.29, 1.82) is 0 Å². The fourth-order valence-corrected chi connectivity index (χ4v) is 2.82. The van der Waals surface area contributed by atoms with Crippen LogP contribution >= 0.6 is 0 Å².